The number of nitrogens with two attached hydrogens (primary N) is 1. The topological polar surface area (TPSA) is 80.5 Å². The third-order valence-electron chi connectivity index (χ3n) is 2.07. The fourth-order valence-corrected chi connectivity index (χ4v) is 2.72. The summed E-state index contributed by atoms with van der Waals surface area (Å²) < 4.78 is 25.1. The fourth-order valence-electron chi connectivity index (χ4n) is 1.28. The second-order valence-electron chi connectivity index (χ2n) is 3.21. The standard InChI is InChI=1S/C10H14N2O3S/c1-2-12(8-10(11)13)16(14,15)9-6-4-3-5-7-9/h3-7H,2,8H2,1H3,(H2,11,13). The maximum absolute atomic E-state index is 12.0. The largest absolute Gasteiger partial charge is 0.369 e. The second kappa shape index (κ2) is 5.09. The quantitative estimate of drug-likeness (QED) is 0.800. The van der Waals surface area contributed by atoms with Crippen LogP contribution in [-0.2, 0) is 14.8 Å². The number of likely N-dealkylation sites (N-methyl/N-ethyl adjacent to an activating group) is 1. The molecule has 88 valence electrons. The first kappa shape index (κ1) is 12.7. The van der Waals surface area contributed by atoms with Gasteiger partial charge in [0.25, 0.3) is 0 Å². The Balaban J connectivity index is 3.05. The van der Waals surface area contributed by atoms with E-state index in [1.807, 2.05) is 0 Å². The molecule has 0 aliphatic rings. The van der Waals surface area contributed by atoms with E-state index in [0.29, 0.717) is 0 Å². The van der Waals surface area contributed by atoms with E-state index in [9.17, 15) is 13.2 Å². The molecule has 0 fully saturated rings. The normalized spacial score (nSPS) is 11.6. The Bertz CT molecular complexity index is 456. The van der Waals surface area contributed by atoms with Crippen molar-refractivity contribution in [2.75, 3.05) is 13.1 Å². The SMILES string of the molecule is CCN(CC(N)=O)S(=O)(=O)c1ccccc1. The highest BCUT2D eigenvalue weighted by Crippen LogP contribution is 2.14. The predicted molar refractivity (Wildman–Crippen MR) is 60.1 cm³/mol. The molecule has 5 nitrogen and oxygen atoms in total. The van der Waals surface area contributed by atoms with Crippen molar-refractivity contribution in [1.29, 1.82) is 0 Å². The molecule has 0 heterocycles. The lowest BCUT2D eigenvalue weighted by Gasteiger charge is -2.18. The molecule has 0 saturated heterocycles. The van der Waals surface area contributed by atoms with E-state index in [1.54, 1.807) is 25.1 Å². The van der Waals surface area contributed by atoms with Crippen LogP contribution in [0.1, 0.15) is 6.92 Å². The van der Waals surface area contributed by atoms with Gasteiger partial charge < -0.3 is 5.73 Å². The van der Waals surface area contributed by atoms with Gasteiger partial charge in [-0.05, 0) is 12.1 Å². The minimum atomic E-state index is -3.61. The monoisotopic (exact) mass is 242 g/mol. The van der Waals surface area contributed by atoms with Gasteiger partial charge in [0.2, 0.25) is 15.9 Å². The Kier molecular flexibility index (Phi) is 4.03. The van der Waals surface area contributed by atoms with Crippen LogP contribution >= 0.6 is 0 Å². The Hall–Kier alpha value is -1.40. The van der Waals surface area contributed by atoms with Crippen LogP contribution in [-0.4, -0.2) is 31.7 Å². The molecular weight excluding hydrogens is 228 g/mol. The lowest BCUT2D eigenvalue weighted by molar-refractivity contribution is -0.118. The van der Waals surface area contributed by atoms with Crippen LogP contribution in [0, 0.1) is 0 Å². The van der Waals surface area contributed by atoms with Gasteiger partial charge in [0.15, 0.2) is 0 Å². The van der Waals surface area contributed by atoms with Crippen molar-refractivity contribution in [1.82, 2.24) is 4.31 Å². The van der Waals surface area contributed by atoms with Crippen molar-refractivity contribution in [2.24, 2.45) is 5.73 Å². The van der Waals surface area contributed by atoms with E-state index in [2.05, 4.69) is 0 Å². The van der Waals surface area contributed by atoms with Gasteiger partial charge in [-0.3, -0.25) is 4.79 Å². The zero-order valence-electron chi connectivity index (χ0n) is 8.96. The van der Waals surface area contributed by atoms with Gasteiger partial charge >= 0.3 is 0 Å². The van der Waals surface area contributed by atoms with Crippen molar-refractivity contribution in [2.45, 2.75) is 11.8 Å². The Morgan fingerprint density at radius 2 is 1.88 bits per heavy atom. The molecule has 16 heavy (non-hydrogen) atoms. The van der Waals surface area contributed by atoms with E-state index in [-0.39, 0.29) is 18.0 Å². The van der Waals surface area contributed by atoms with Crippen molar-refractivity contribution in [3.8, 4) is 0 Å². The molecule has 0 aromatic heterocycles. The molecule has 0 unspecified atom stereocenters. The summed E-state index contributed by atoms with van der Waals surface area (Å²) in [6.45, 7) is 1.57. The van der Waals surface area contributed by atoms with E-state index in [1.165, 1.54) is 12.1 Å². The van der Waals surface area contributed by atoms with E-state index in [0.717, 1.165) is 4.31 Å². The summed E-state index contributed by atoms with van der Waals surface area (Å²) in [5, 5.41) is 0. The molecule has 1 aromatic carbocycles. The fraction of sp³-hybridized carbons (Fsp3) is 0.300. The van der Waals surface area contributed by atoms with Crippen LogP contribution in [0.25, 0.3) is 0 Å². The molecule has 6 heteroatoms. The molecule has 0 atom stereocenters. The number of amides is 1. The van der Waals surface area contributed by atoms with Crippen molar-refractivity contribution in [3.05, 3.63) is 30.3 Å². The number of benzene rings is 1. The van der Waals surface area contributed by atoms with Gasteiger partial charge in [0, 0.05) is 6.54 Å². The zero-order chi connectivity index (χ0) is 12.2. The number of rotatable bonds is 5. The van der Waals surface area contributed by atoms with Gasteiger partial charge in [0.05, 0.1) is 11.4 Å². The zero-order valence-corrected chi connectivity index (χ0v) is 9.78. The minimum absolute atomic E-state index is 0.165. The molecule has 2 N–H and O–H groups in total. The van der Waals surface area contributed by atoms with E-state index >= 15 is 0 Å². The summed E-state index contributed by atoms with van der Waals surface area (Å²) in [6.07, 6.45) is 0. The first-order chi connectivity index (χ1) is 7.48. The Morgan fingerprint density at radius 1 is 1.31 bits per heavy atom. The lowest BCUT2D eigenvalue weighted by Crippen LogP contribution is -2.38. The number of hydrogen-bond donors (Lipinski definition) is 1. The molecule has 0 bridgehead atoms. The number of hydrogen-bond acceptors (Lipinski definition) is 3. The van der Waals surface area contributed by atoms with Crippen LogP contribution in [0.2, 0.25) is 0 Å². The van der Waals surface area contributed by atoms with Crippen LogP contribution < -0.4 is 5.73 Å². The van der Waals surface area contributed by atoms with Crippen LogP contribution in [0.5, 0.6) is 0 Å². The third kappa shape index (κ3) is 2.80. The lowest BCUT2D eigenvalue weighted by atomic mass is 10.4. The number of sulfonamides is 1. The minimum Gasteiger partial charge on any atom is -0.369 e. The molecule has 1 rings (SSSR count). The molecule has 0 spiro atoms. The molecule has 0 radical (unpaired) electrons. The predicted octanol–water partition coefficient (Wildman–Crippen LogP) is 0.183. The highest BCUT2D eigenvalue weighted by atomic mass is 32.2. The van der Waals surface area contributed by atoms with Crippen molar-refractivity contribution < 1.29 is 13.2 Å². The maximum atomic E-state index is 12.0. The molecule has 1 amide bonds. The summed E-state index contributed by atoms with van der Waals surface area (Å²) in [6, 6.07) is 7.96. The van der Waals surface area contributed by atoms with Gasteiger partial charge in [-0.2, -0.15) is 4.31 Å². The summed E-state index contributed by atoms with van der Waals surface area (Å²) >= 11 is 0. The van der Waals surface area contributed by atoms with E-state index < -0.39 is 15.9 Å². The van der Waals surface area contributed by atoms with Crippen LogP contribution in [0.3, 0.4) is 0 Å². The molecule has 1 aromatic rings. The number of carbonyl (C=O) groups is 1. The van der Waals surface area contributed by atoms with Crippen molar-refractivity contribution >= 4 is 15.9 Å². The highest BCUT2D eigenvalue weighted by molar-refractivity contribution is 7.89. The average molecular weight is 242 g/mol. The molecule has 0 aliphatic carbocycles. The van der Waals surface area contributed by atoms with Crippen LogP contribution in [0.15, 0.2) is 35.2 Å². The number of primary amides is 1. The average Bonchev–Trinajstić information content (AvgIpc) is 2.26. The van der Waals surface area contributed by atoms with Gasteiger partial charge in [-0.1, -0.05) is 25.1 Å². The summed E-state index contributed by atoms with van der Waals surface area (Å²) in [5.41, 5.74) is 5.00. The highest BCUT2D eigenvalue weighted by Gasteiger charge is 2.23. The number of nitrogens with zero attached hydrogens (tertiary/aromatic N) is 1. The molecule has 0 aliphatic heterocycles. The molecular formula is C10H14N2O3S. The van der Waals surface area contributed by atoms with Gasteiger partial charge in [0.1, 0.15) is 0 Å². The van der Waals surface area contributed by atoms with Crippen LogP contribution in [0.4, 0.5) is 0 Å². The Morgan fingerprint density at radius 3 is 2.31 bits per heavy atom. The summed E-state index contributed by atoms with van der Waals surface area (Å²) in [7, 11) is -3.61. The van der Waals surface area contributed by atoms with Gasteiger partial charge in [-0.15, -0.1) is 0 Å². The third-order valence-corrected chi connectivity index (χ3v) is 4.00. The Labute approximate surface area is 94.9 Å². The second-order valence-corrected chi connectivity index (χ2v) is 5.15. The van der Waals surface area contributed by atoms with Gasteiger partial charge in [-0.25, -0.2) is 8.42 Å². The van der Waals surface area contributed by atoms with Crippen molar-refractivity contribution in [3.63, 3.8) is 0 Å². The maximum Gasteiger partial charge on any atom is 0.243 e. The molecule has 0 saturated carbocycles. The first-order valence-electron chi connectivity index (χ1n) is 4.82. The summed E-state index contributed by atoms with van der Waals surface area (Å²) in [5.74, 6) is -0.665. The number of carbonyl (C=O) groups excluding carboxylic acids is 1. The first-order valence-corrected chi connectivity index (χ1v) is 6.26. The smallest absolute Gasteiger partial charge is 0.243 e. The van der Waals surface area contributed by atoms with E-state index in [4.69, 9.17) is 5.73 Å². The summed E-state index contributed by atoms with van der Waals surface area (Å²) in [4.78, 5) is 10.9.